The predicted molar refractivity (Wildman–Crippen MR) is 82.7 cm³/mol. The molecule has 0 heterocycles. The van der Waals surface area contributed by atoms with E-state index in [9.17, 15) is 4.79 Å². The molecule has 0 bridgehead atoms. The minimum Gasteiger partial charge on any atom is -0.346 e. The number of hydrogen-bond donors (Lipinski definition) is 1. The van der Waals surface area contributed by atoms with E-state index in [1.54, 1.807) is 0 Å². The van der Waals surface area contributed by atoms with Gasteiger partial charge in [-0.25, -0.2) is 0 Å². The molecule has 100 valence electrons. The van der Waals surface area contributed by atoms with Gasteiger partial charge in [0.2, 0.25) is 0 Å². The molecule has 0 aliphatic rings. The van der Waals surface area contributed by atoms with E-state index in [-0.39, 0.29) is 10.7 Å². The van der Waals surface area contributed by atoms with Gasteiger partial charge in [0.25, 0.3) is 5.24 Å². The zero-order valence-corrected chi connectivity index (χ0v) is 12.4. The number of hydrogen-bond acceptors (Lipinski definition) is 2. The molecule has 0 radical (unpaired) electrons. The molecule has 0 saturated carbocycles. The van der Waals surface area contributed by atoms with E-state index in [1.807, 2.05) is 24.3 Å². The number of carbonyl (C=O) groups excluding carboxylic acids is 1. The Morgan fingerprint density at radius 3 is 2.53 bits per heavy atom. The summed E-state index contributed by atoms with van der Waals surface area (Å²) in [6, 6.07) is 14.2. The normalized spacial score (nSPS) is 11.5. The lowest BCUT2D eigenvalue weighted by atomic mass is 9.97. The Morgan fingerprint density at radius 2 is 1.79 bits per heavy atom. The van der Waals surface area contributed by atoms with Crippen LogP contribution in [0.5, 0.6) is 0 Å². The van der Waals surface area contributed by atoms with E-state index in [0.29, 0.717) is 6.54 Å². The van der Waals surface area contributed by atoms with Gasteiger partial charge in [-0.05, 0) is 34.0 Å². The van der Waals surface area contributed by atoms with Crippen molar-refractivity contribution < 1.29 is 4.79 Å². The average molecular weight is 273 g/mol. The molecule has 0 unspecified atom stereocenters. The van der Waals surface area contributed by atoms with Crippen molar-refractivity contribution >= 4 is 27.8 Å². The second kappa shape index (κ2) is 5.66. The van der Waals surface area contributed by atoms with Crippen molar-refractivity contribution in [2.45, 2.75) is 25.7 Å². The minimum atomic E-state index is 0.00581. The van der Waals surface area contributed by atoms with Crippen LogP contribution in [0.3, 0.4) is 0 Å². The zero-order chi connectivity index (χ0) is 13.9. The summed E-state index contributed by atoms with van der Waals surface area (Å²) in [7, 11) is 0. The van der Waals surface area contributed by atoms with E-state index in [2.05, 4.69) is 44.3 Å². The summed E-state index contributed by atoms with van der Waals surface area (Å²) in [5.74, 6) is 0. The number of benzene rings is 2. The molecule has 0 saturated heterocycles. The summed E-state index contributed by atoms with van der Waals surface area (Å²) >= 11 is 1.26. The molecule has 0 fully saturated rings. The number of thioether (sulfide) groups is 1. The summed E-state index contributed by atoms with van der Waals surface area (Å²) in [6.45, 7) is 7.01. The Labute approximate surface area is 118 Å². The molecule has 0 atom stereocenters. The molecular weight excluding hydrogens is 254 g/mol. The third-order valence-corrected chi connectivity index (χ3v) is 3.62. The van der Waals surface area contributed by atoms with E-state index >= 15 is 0 Å². The first-order chi connectivity index (χ1) is 8.96. The second-order valence-corrected chi connectivity index (χ2v) is 6.80. The van der Waals surface area contributed by atoms with Gasteiger partial charge in [-0.2, -0.15) is 0 Å². The number of nitrogens with one attached hydrogen (secondary N) is 1. The van der Waals surface area contributed by atoms with Gasteiger partial charge in [0, 0.05) is 11.4 Å². The lowest BCUT2D eigenvalue weighted by Gasteiger charge is -2.18. The first kappa shape index (κ1) is 13.9. The predicted octanol–water partition coefficient (Wildman–Crippen LogP) is 4.69. The van der Waals surface area contributed by atoms with Crippen LogP contribution in [-0.2, 0) is 0 Å². The topological polar surface area (TPSA) is 29.1 Å². The van der Waals surface area contributed by atoms with Gasteiger partial charge in [0.1, 0.15) is 0 Å². The maximum Gasteiger partial charge on any atom is 0.283 e. The van der Waals surface area contributed by atoms with Crippen LogP contribution in [0.2, 0.25) is 0 Å². The van der Waals surface area contributed by atoms with Crippen LogP contribution in [0, 0.1) is 5.41 Å². The van der Waals surface area contributed by atoms with E-state index in [1.165, 1.54) is 11.8 Å². The monoisotopic (exact) mass is 273 g/mol. The zero-order valence-electron chi connectivity index (χ0n) is 11.6. The molecule has 2 nitrogen and oxygen atoms in total. The second-order valence-electron chi connectivity index (χ2n) is 5.78. The highest BCUT2D eigenvalue weighted by Crippen LogP contribution is 2.28. The third-order valence-electron chi connectivity index (χ3n) is 2.72. The third kappa shape index (κ3) is 4.00. The van der Waals surface area contributed by atoms with Crippen molar-refractivity contribution in [3.8, 4) is 0 Å². The van der Waals surface area contributed by atoms with Crippen LogP contribution in [-0.4, -0.2) is 11.8 Å². The molecule has 1 amide bonds. The van der Waals surface area contributed by atoms with Crippen LogP contribution in [0.15, 0.2) is 47.4 Å². The Bertz CT molecular complexity index is 581. The van der Waals surface area contributed by atoms with Gasteiger partial charge in [0.15, 0.2) is 0 Å². The van der Waals surface area contributed by atoms with Crippen LogP contribution in [0.4, 0.5) is 4.79 Å². The lowest BCUT2D eigenvalue weighted by Crippen LogP contribution is -2.29. The van der Waals surface area contributed by atoms with Crippen molar-refractivity contribution in [3.63, 3.8) is 0 Å². The van der Waals surface area contributed by atoms with Gasteiger partial charge in [-0.1, -0.05) is 57.2 Å². The largest absolute Gasteiger partial charge is 0.346 e. The summed E-state index contributed by atoms with van der Waals surface area (Å²) in [6.07, 6.45) is 0. The fourth-order valence-electron chi connectivity index (χ4n) is 1.76. The van der Waals surface area contributed by atoms with E-state index in [0.717, 1.165) is 15.7 Å². The maximum absolute atomic E-state index is 12.0. The van der Waals surface area contributed by atoms with Crippen molar-refractivity contribution in [2.75, 3.05) is 6.54 Å². The maximum atomic E-state index is 12.0. The Balaban J connectivity index is 2.11. The number of carbonyl (C=O) groups is 1. The molecule has 1 N–H and O–H groups in total. The summed E-state index contributed by atoms with van der Waals surface area (Å²) < 4.78 is 0. The number of rotatable bonds is 2. The van der Waals surface area contributed by atoms with E-state index < -0.39 is 0 Å². The molecule has 2 aromatic carbocycles. The van der Waals surface area contributed by atoms with Crippen LogP contribution in [0.1, 0.15) is 20.8 Å². The van der Waals surface area contributed by atoms with Gasteiger partial charge in [-0.15, -0.1) is 0 Å². The molecule has 0 aliphatic carbocycles. The van der Waals surface area contributed by atoms with Crippen molar-refractivity contribution in [1.29, 1.82) is 0 Å². The van der Waals surface area contributed by atoms with Crippen LogP contribution >= 0.6 is 11.8 Å². The van der Waals surface area contributed by atoms with Crippen LogP contribution < -0.4 is 5.32 Å². The fourth-order valence-corrected chi connectivity index (χ4v) is 2.54. The average Bonchev–Trinajstić information content (AvgIpc) is 2.36. The molecule has 2 aromatic rings. The lowest BCUT2D eigenvalue weighted by molar-refractivity contribution is 0.255. The van der Waals surface area contributed by atoms with Crippen molar-refractivity contribution in [2.24, 2.45) is 5.41 Å². The SMILES string of the molecule is CC(C)(C)CNC(=O)Sc1cccc2ccccc12. The molecule has 2 rings (SSSR count). The quantitative estimate of drug-likeness (QED) is 0.804. The minimum absolute atomic E-state index is 0.00581. The number of fused-ring (bicyclic) bond motifs is 1. The first-order valence-corrected chi connectivity index (χ1v) is 7.21. The standard InChI is InChI=1S/C16H19NOS/c1-16(2,3)11-17-15(18)19-14-10-6-8-12-7-4-5-9-13(12)14/h4-10H,11H2,1-3H3,(H,17,18). The Hall–Kier alpha value is -1.48. The summed E-state index contributed by atoms with van der Waals surface area (Å²) in [4.78, 5) is 13.0. The van der Waals surface area contributed by atoms with Gasteiger partial charge in [0.05, 0.1) is 0 Å². The van der Waals surface area contributed by atoms with Gasteiger partial charge in [-0.3, -0.25) is 4.79 Å². The highest BCUT2D eigenvalue weighted by atomic mass is 32.2. The molecule has 0 aliphatic heterocycles. The van der Waals surface area contributed by atoms with Gasteiger partial charge >= 0.3 is 0 Å². The highest BCUT2D eigenvalue weighted by molar-refractivity contribution is 8.13. The summed E-state index contributed by atoms with van der Waals surface area (Å²) in [5.41, 5.74) is 0.106. The fraction of sp³-hybridized carbons (Fsp3) is 0.312. The molecular formula is C16H19NOS. The van der Waals surface area contributed by atoms with E-state index in [4.69, 9.17) is 0 Å². The summed E-state index contributed by atoms with van der Waals surface area (Å²) in [5, 5.41) is 5.25. The number of amides is 1. The Morgan fingerprint density at radius 1 is 1.11 bits per heavy atom. The van der Waals surface area contributed by atoms with Gasteiger partial charge < -0.3 is 5.32 Å². The van der Waals surface area contributed by atoms with Crippen molar-refractivity contribution in [1.82, 2.24) is 5.32 Å². The molecule has 0 spiro atoms. The van der Waals surface area contributed by atoms with Crippen LogP contribution in [0.25, 0.3) is 10.8 Å². The smallest absolute Gasteiger partial charge is 0.283 e. The molecule has 19 heavy (non-hydrogen) atoms. The first-order valence-electron chi connectivity index (χ1n) is 6.39. The highest BCUT2D eigenvalue weighted by Gasteiger charge is 2.13. The Kier molecular flexibility index (Phi) is 4.15. The molecule has 0 aromatic heterocycles. The molecule has 3 heteroatoms. The van der Waals surface area contributed by atoms with Crippen molar-refractivity contribution in [3.05, 3.63) is 42.5 Å².